The molecule has 26 heavy (non-hydrogen) atoms. The van der Waals surface area contributed by atoms with Crippen molar-refractivity contribution in [3.05, 3.63) is 41.0 Å². The topological polar surface area (TPSA) is 86.2 Å². The Balaban J connectivity index is 1.86. The van der Waals surface area contributed by atoms with E-state index >= 15 is 0 Å². The largest absolute Gasteiger partial charge is 0.397 e. The SMILES string of the molecule is N#Cc1ccc(-c2cc(N3CCC(O)CC3)nc3scc(N)c23)cc1F. The van der Waals surface area contributed by atoms with Crippen molar-refractivity contribution in [2.45, 2.75) is 18.9 Å². The highest BCUT2D eigenvalue weighted by Gasteiger charge is 2.21. The van der Waals surface area contributed by atoms with Crippen molar-refractivity contribution in [3.63, 3.8) is 0 Å². The molecule has 132 valence electrons. The van der Waals surface area contributed by atoms with Crippen LogP contribution >= 0.6 is 11.3 Å². The van der Waals surface area contributed by atoms with Crippen molar-refractivity contribution in [3.8, 4) is 17.2 Å². The number of nitrogen functional groups attached to an aromatic ring is 1. The molecule has 1 aliphatic heterocycles. The zero-order valence-corrected chi connectivity index (χ0v) is 14.8. The minimum atomic E-state index is -0.550. The van der Waals surface area contributed by atoms with Crippen LogP contribution in [0.15, 0.2) is 29.6 Å². The highest BCUT2D eigenvalue weighted by atomic mass is 32.1. The number of anilines is 2. The Morgan fingerprint density at radius 1 is 1.31 bits per heavy atom. The number of fused-ring (bicyclic) bond motifs is 1. The summed E-state index contributed by atoms with van der Waals surface area (Å²) >= 11 is 1.46. The van der Waals surface area contributed by atoms with Crippen LogP contribution in [0, 0.1) is 17.1 Å². The van der Waals surface area contributed by atoms with Gasteiger partial charge < -0.3 is 15.7 Å². The zero-order valence-electron chi connectivity index (χ0n) is 13.9. The normalized spacial score (nSPS) is 15.3. The van der Waals surface area contributed by atoms with Crippen LogP contribution in [0.5, 0.6) is 0 Å². The maximum Gasteiger partial charge on any atom is 0.141 e. The lowest BCUT2D eigenvalue weighted by molar-refractivity contribution is 0.145. The Labute approximate surface area is 154 Å². The number of thiophene rings is 1. The van der Waals surface area contributed by atoms with Gasteiger partial charge in [-0.05, 0) is 42.2 Å². The Morgan fingerprint density at radius 3 is 2.77 bits per heavy atom. The molecule has 0 spiro atoms. The molecule has 1 aliphatic rings. The van der Waals surface area contributed by atoms with Crippen molar-refractivity contribution in [2.24, 2.45) is 0 Å². The number of aliphatic hydroxyl groups excluding tert-OH is 1. The van der Waals surface area contributed by atoms with E-state index in [-0.39, 0.29) is 11.7 Å². The van der Waals surface area contributed by atoms with Crippen molar-refractivity contribution in [1.82, 2.24) is 4.98 Å². The number of pyridine rings is 1. The zero-order chi connectivity index (χ0) is 18.3. The van der Waals surface area contributed by atoms with E-state index in [9.17, 15) is 9.50 Å². The summed E-state index contributed by atoms with van der Waals surface area (Å²) in [6, 6.07) is 8.35. The molecular formula is C19H17FN4OS. The van der Waals surface area contributed by atoms with Crippen molar-refractivity contribution >= 4 is 33.1 Å². The van der Waals surface area contributed by atoms with Crippen LogP contribution in [0.2, 0.25) is 0 Å². The Bertz CT molecular complexity index is 1020. The molecule has 0 bridgehead atoms. The molecule has 3 N–H and O–H groups in total. The molecule has 0 amide bonds. The van der Waals surface area contributed by atoms with Gasteiger partial charge in [0.05, 0.1) is 17.4 Å². The second-order valence-corrected chi connectivity index (χ2v) is 7.28. The fourth-order valence-corrected chi connectivity index (χ4v) is 4.16. The van der Waals surface area contributed by atoms with Gasteiger partial charge in [-0.15, -0.1) is 11.3 Å². The van der Waals surface area contributed by atoms with Crippen LogP contribution in [0.25, 0.3) is 21.3 Å². The third-order valence-electron chi connectivity index (χ3n) is 4.75. The lowest BCUT2D eigenvalue weighted by Gasteiger charge is -2.30. The molecule has 0 saturated carbocycles. The van der Waals surface area contributed by atoms with Crippen LogP contribution in [0.4, 0.5) is 15.9 Å². The Hall–Kier alpha value is -2.69. The summed E-state index contributed by atoms with van der Waals surface area (Å²) in [5.41, 5.74) is 8.23. The number of aromatic nitrogens is 1. The van der Waals surface area contributed by atoms with Gasteiger partial charge in [0.15, 0.2) is 0 Å². The number of nitrogens with zero attached hydrogens (tertiary/aromatic N) is 3. The van der Waals surface area contributed by atoms with Crippen LogP contribution in [0.1, 0.15) is 18.4 Å². The summed E-state index contributed by atoms with van der Waals surface area (Å²) in [6.45, 7) is 1.45. The lowest BCUT2D eigenvalue weighted by Crippen LogP contribution is -2.36. The maximum absolute atomic E-state index is 14.2. The summed E-state index contributed by atoms with van der Waals surface area (Å²) in [5.74, 6) is 0.248. The van der Waals surface area contributed by atoms with Crippen molar-refractivity contribution in [2.75, 3.05) is 23.7 Å². The Morgan fingerprint density at radius 2 is 2.08 bits per heavy atom. The van der Waals surface area contributed by atoms with Crippen LogP contribution in [-0.4, -0.2) is 29.3 Å². The smallest absolute Gasteiger partial charge is 0.141 e. The van der Waals surface area contributed by atoms with Crippen LogP contribution < -0.4 is 10.6 Å². The number of aliphatic hydroxyl groups is 1. The van der Waals surface area contributed by atoms with Gasteiger partial charge in [-0.25, -0.2) is 9.37 Å². The summed E-state index contributed by atoms with van der Waals surface area (Å²) in [5, 5.41) is 21.3. The average molecular weight is 368 g/mol. The highest BCUT2D eigenvalue weighted by molar-refractivity contribution is 7.17. The molecule has 5 nitrogen and oxygen atoms in total. The van der Waals surface area contributed by atoms with Gasteiger partial charge in [0.2, 0.25) is 0 Å². The molecule has 4 rings (SSSR count). The van der Waals surface area contributed by atoms with E-state index in [4.69, 9.17) is 16.0 Å². The second-order valence-electron chi connectivity index (χ2n) is 6.42. The van der Waals surface area contributed by atoms with Gasteiger partial charge >= 0.3 is 0 Å². The van der Waals surface area contributed by atoms with Gasteiger partial charge in [0.25, 0.3) is 0 Å². The molecule has 0 unspecified atom stereocenters. The van der Waals surface area contributed by atoms with Gasteiger partial charge in [0.1, 0.15) is 22.5 Å². The van der Waals surface area contributed by atoms with Gasteiger partial charge in [-0.1, -0.05) is 6.07 Å². The molecule has 0 radical (unpaired) electrons. The summed E-state index contributed by atoms with van der Waals surface area (Å²) in [7, 11) is 0. The molecule has 1 fully saturated rings. The van der Waals surface area contributed by atoms with E-state index in [2.05, 4.69) is 4.90 Å². The number of halogens is 1. The van der Waals surface area contributed by atoms with E-state index < -0.39 is 5.82 Å². The van der Waals surface area contributed by atoms with E-state index in [0.717, 1.165) is 34.7 Å². The number of hydrogen-bond donors (Lipinski definition) is 2. The number of hydrogen-bond acceptors (Lipinski definition) is 6. The minimum Gasteiger partial charge on any atom is -0.397 e. The first-order valence-corrected chi connectivity index (χ1v) is 9.25. The molecule has 7 heteroatoms. The standard InChI is InChI=1S/C19H17FN4OS/c20-15-7-11(1-2-12(15)9-21)14-8-17(24-5-3-13(25)4-6-24)23-19-18(14)16(22)10-26-19/h1-2,7-8,10,13,25H,3-6,22H2. The number of rotatable bonds is 2. The molecular weight excluding hydrogens is 351 g/mol. The van der Waals surface area contributed by atoms with Crippen LogP contribution in [0.3, 0.4) is 0 Å². The highest BCUT2D eigenvalue weighted by Crippen LogP contribution is 2.39. The monoisotopic (exact) mass is 368 g/mol. The lowest BCUT2D eigenvalue weighted by atomic mass is 10.0. The number of benzene rings is 1. The molecule has 2 aromatic heterocycles. The third kappa shape index (κ3) is 2.87. The molecule has 0 atom stereocenters. The first-order chi connectivity index (χ1) is 12.6. The average Bonchev–Trinajstić information content (AvgIpc) is 3.02. The number of piperidine rings is 1. The minimum absolute atomic E-state index is 0.0163. The van der Waals surface area contributed by atoms with E-state index in [1.165, 1.54) is 23.5 Å². The van der Waals surface area contributed by atoms with E-state index in [1.807, 2.05) is 17.5 Å². The van der Waals surface area contributed by atoms with Crippen LogP contribution in [-0.2, 0) is 0 Å². The van der Waals surface area contributed by atoms with Crippen molar-refractivity contribution < 1.29 is 9.50 Å². The summed E-state index contributed by atoms with van der Waals surface area (Å²) < 4.78 is 14.2. The fraction of sp³-hybridized carbons (Fsp3) is 0.263. The van der Waals surface area contributed by atoms with E-state index in [0.29, 0.717) is 24.1 Å². The number of nitrogens with two attached hydrogens (primary N) is 1. The molecule has 1 aromatic carbocycles. The third-order valence-corrected chi connectivity index (χ3v) is 5.64. The summed E-state index contributed by atoms with van der Waals surface area (Å²) in [6.07, 6.45) is 1.14. The summed E-state index contributed by atoms with van der Waals surface area (Å²) in [4.78, 5) is 7.65. The first kappa shape index (κ1) is 16.8. The van der Waals surface area contributed by atoms with E-state index in [1.54, 1.807) is 6.07 Å². The van der Waals surface area contributed by atoms with Gasteiger partial charge in [-0.2, -0.15) is 5.26 Å². The first-order valence-electron chi connectivity index (χ1n) is 8.37. The van der Waals surface area contributed by atoms with Gasteiger partial charge in [-0.3, -0.25) is 0 Å². The quantitative estimate of drug-likeness (QED) is 0.723. The molecule has 3 aromatic rings. The maximum atomic E-state index is 14.2. The second kappa shape index (κ2) is 6.56. The number of nitriles is 1. The van der Waals surface area contributed by atoms with Gasteiger partial charge in [0, 0.05) is 23.9 Å². The fourth-order valence-electron chi connectivity index (χ4n) is 3.31. The molecule has 3 heterocycles. The Kier molecular flexibility index (Phi) is 4.23. The predicted molar refractivity (Wildman–Crippen MR) is 102 cm³/mol. The predicted octanol–water partition coefficient (Wildman–Crippen LogP) is 3.52. The molecule has 1 saturated heterocycles. The molecule has 0 aliphatic carbocycles. The van der Waals surface area contributed by atoms with Crippen molar-refractivity contribution in [1.29, 1.82) is 5.26 Å².